The van der Waals surface area contributed by atoms with Crippen LogP contribution in [0.15, 0.2) is 18.3 Å². The average Bonchev–Trinajstić information content (AvgIpc) is 2.79. The molecule has 1 aromatic heterocycles. The summed E-state index contributed by atoms with van der Waals surface area (Å²) in [6.07, 6.45) is 4.98. The molecule has 1 fully saturated rings. The summed E-state index contributed by atoms with van der Waals surface area (Å²) in [4.78, 5) is 4.14. The quantitative estimate of drug-likeness (QED) is 0.795. The Balaban J connectivity index is 2.17. The third-order valence-corrected chi connectivity index (χ3v) is 3.11. The van der Waals surface area contributed by atoms with Gasteiger partial charge in [-0.1, -0.05) is 13.3 Å². The van der Waals surface area contributed by atoms with Gasteiger partial charge in [-0.3, -0.25) is 4.98 Å². The number of hydrogen-bond donors (Lipinski definition) is 1. The molecule has 1 aliphatic rings. The van der Waals surface area contributed by atoms with Gasteiger partial charge in [0, 0.05) is 11.9 Å². The van der Waals surface area contributed by atoms with Crippen LogP contribution in [0.1, 0.15) is 37.4 Å². The van der Waals surface area contributed by atoms with E-state index in [0.717, 1.165) is 30.5 Å². The molecule has 14 heavy (non-hydrogen) atoms. The Labute approximate surface area is 85.0 Å². The molecule has 2 rings (SSSR count). The van der Waals surface area contributed by atoms with Gasteiger partial charge in [-0.2, -0.15) is 0 Å². The van der Waals surface area contributed by atoms with E-state index in [2.05, 4.69) is 11.9 Å². The van der Waals surface area contributed by atoms with Crippen molar-refractivity contribution < 1.29 is 5.11 Å². The molecule has 1 aromatic rings. The summed E-state index contributed by atoms with van der Waals surface area (Å²) < 4.78 is 0. The summed E-state index contributed by atoms with van der Waals surface area (Å²) in [7, 11) is 0. The standard InChI is InChI=1S/C12H17NO/c1-3-4-11-8-12(11,14)10-5-6-13-9(2)7-10/h5-7,11,14H,3-4,8H2,1-2H3. The first-order valence-corrected chi connectivity index (χ1v) is 5.32. The molecule has 1 aliphatic carbocycles. The maximum absolute atomic E-state index is 10.3. The number of pyridine rings is 1. The minimum Gasteiger partial charge on any atom is -0.385 e. The van der Waals surface area contributed by atoms with Gasteiger partial charge < -0.3 is 5.11 Å². The van der Waals surface area contributed by atoms with Crippen molar-refractivity contribution in [1.29, 1.82) is 0 Å². The SMILES string of the molecule is CCCC1CC1(O)c1ccnc(C)c1. The molecule has 0 aliphatic heterocycles. The average molecular weight is 191 g/mol. The predicted molar refractivity (Wildman–Crippen MR) is 55.9 cm³/mol. The van der Waals surface area contributed by atoms with E-state index >= 15 is 0 Å². The molecule has 2 unspecified atom stereocenters. The van der Waals surface area contributed by atoms with Crippen LogP contribution in [0.4, 0.5) is 0 Å². The van der Waals surface area contributed by atoms with Crippen molar-refractivity contribution in [2.24, 2.45) is 5.92 Å². The molecule has 0 saturated heterocycles. The first kappa shape index (κ1) is 9.66. The van der Waals surface area contributed by atoms with Gasteiger partial charge in [-0.15, -0.1) is 0 Å². The molecule has 2 atom stereocenters. The molecule has 0 radical (unpaired) electrons. The van der Waals surface area contributed by atoms with E-state index in [0.29, 0.717) is 5.92 Å². The fourth-order valence-electron chi connectivity index (χ4n) is 2.17. The number of hydrogen-bond acceptors (Lipinski definition) is 2. The van der Waals surface area contributed by atoms with Crippen molar-refractivity contribution in [2.75, 3.05) is 0 Å². The largest absolute Gasteiger partial charge is 0.385 e. The summed E-state index contributed by atoms with van der Waals surface area (Å²) in [5, 5.41) is 10.3. The maximum atomic E-state index is 10.3. The fraction of sp³-hybridized carbons (Fsp3) is 0.583. The highest BCUT2D eigenvalue weighted by atomic mass is 16.3. The summed E-state index contributed by atoms with van der Waals surface area (Å²) in [5.74, 6) is 0.467. The molecule has 0 aromatic carbocycles. The lowest BCUT2D eigenvalue weighted by atomic mass is 10.0. The van der Waals surface area contributed by atoms with E-state index in [1.54, 1.807) is 6.20 Å². The minimum absolute atomic E-state index is 0.467. The minimum atomic E-state index is -0.538. The zero-order valence-electron chi connectivity index (χ0n) is 8.83. The molecule has 0 spiro atoms. The van der Waals surface area contributed by atoms with Gasteiger partial charge in [-0.25, -0.2) is 0 Å². The van der Waals surface area contributed by atoms with Crippen LogP contribution >= 0.6 is 0 Å². The highest BCUT2D eigenvalue weighted by molar-refractivity contribution is 5.29. The number of nitrogens with zero attached hydrogens (tertiary/aromatic N) is 1. The zero-order valence-corrected chi connectivity index (χ0v) is 8.83. The normalized spacial score (nSPS) is 30.4. The smallest absolute Gasteiger partial charge is 0.0930 e. The Hall–Kier alpha value is -0.890. The molecule has 1 heterocycles. The Morgan fingerprint density at radius 3 is 3.07 bits per heavy atom. The van der Waals surface area contributed by atoms with Crippen molar-refractivity contribution in [1.82, 2.24) is 4.98 Å². The van der Waals surface area contributed by atoms with E-state index in [9.17, 15) is 5.11 Å². The topological polar surface area (TPSA) is 33.1 Å². The van der Waals surface area contributed by atoms with Gasteiger partial charge in [0.1, 0.15) is 0 Å². The summed E-state index contributed by atoms with van der Waals surface area (Å²) in [5.41, 5.74) is 1.49. The van der Waals surface area contributed by atoms with Crippen molar-refractivity contribution in [3.8, 4) is 0 Å². The first-order chi connectivity index (χ1) is 6.66. The van der Waals surface area contributed by atoms with Gasteiger partial charge in [0.25, 0.3) is 0 Å². The van der Waals surface area contributed by atoms with Crippen LogP contribution in [0.5, 0.6) is 0 Å². The van der Waals surface area contributed by atoms with E-state index in [1.165, 1.54) is 0 Å². The van der Waals surface area contributed by atoms with Crippen LogP contribution in [-0.2, 0) is 5.60 Å². The molecule has 76 valence electrons. The van der Waals surface area contributed by atoms with E-state index < -0.39 is 5.60 Å². The predicted octanol–water partition coefficient (Wildman–Crippen LogP) is 2.40. The van der Waals surface area contributed by atoms with Crippen LogP contribution < -0.4 is 0 Å². The second kappa shape index (κ2) is 3.35. The van der Waals surface area contributed by atoms with Gasteiger partial charge in [-0.05, 0) is 43.4 Å². The first-order valence-electron chi connectivity index (χ1n) is 5.32. The fourth-order valence-corrected chi connectivity index (χ4v) is 2.17. The van der Waals surface area contributed by atoms with Crippen LogP contribution in [0, 0.1) is 12.8 Å². The number of rotatable bonds is 3. The summed E-state index contributed by atoms with van der Waals surface area (Å²) in [6, 6.07) is 3.93. The second-order valence-corrected chi connectivity index (χ2v) is 4.30. The summed E-state index contributed by atoms with van der Waals surface area (Å²) in [6.45, 7) is 4.13. The number of aliphatic hydroxyl groups is 1. The van der Waals surface area contributed by atoms with Gasteiger partial charge in [0.2, 0.25) is 0 Å². The highest BCUT2D eigenvalue weighted by Gasteiger charge is 2.53. The van der Waals surface area contributed by atoms with E-state index in [4.69, 9.17) is 0 Å². The molecule has 0 amide bonds. The Morgan fingerprint density at radius 2 is 2.43 bits per heavy atom. The Kier molecular flexibility index (Phi) is 2.31. The molecule has 1 saturated carbocycles. The molecule has 2 heteroatoms. The number of aromatic nitrogens is 1. The third kappa shape index (κ3) is 1.55. The Morgan fingerprint density at radius 1 is 1.64 bits per heavy atom. The lowest BCUT2D eigenvalue weighted by Gasteiger charge is -2.10. The highest BCUT2D eigenvalue weighted by Crippen LogP contribution is 2.54. The maximum Gasteiger partial charge on any atom is 0.0930 e. The van der Waals surface area contributed by atoms with Crippen LogP contribution in [0.3, 0.4) is 0 Å². The zero-order chi connectivity index (χ0) is 10.2. The van der Waals surface area contributed by atoms with E-state index in [-0.39, 0.29) is 0 Å². The van der Waals surface area contributed by atoms with Crippen LogP contribution in [-0.4, -0.2) is 10.1 Å². The lowest BCUT2D eigenvalue weighted by molar-refractivity contribution is 0.129. The van der Waals surface area contributed by atoms with Gasteiger partial charge in [0.15, 0.2) is 0 Å². The third-order valence-electron chi connectivity index (χ3n) is 3.11. The van der Waals surface area contributed by atoms with Crippen molar-refractivity contribution in [3.63, 3.8) is 0 Å². The molecule has 0 bridgehead atoms. The second-order valence-electron chi connectivity index (χ2n) is 4.30. The van der Waals surface area contributed by atoms with Crippen molar-refractivity contribution in [3.05, 3.63) is 29.6 Å². The molecule has 2 nitrogen and oxygen atoms in total. The monoisotopic (exact) mass is 191 g/mol. The van der Waals surface area contributed by atoms with Crippen LogP contribution in [0.2, 0.25) is 0 Å². The molecular formula is C12H17NO. The van der Waals surface area contributed by atoms with Crippen LogP contribution in [0.25, 0.3) is 0 Å². The lowest BCUT2D eigenvalue weighted by Crippen LogP contribution is -2.09. The van der Waals surface area contributed by atoms with E-state index in [1.807, 2.05) is 19.1 Å². The number of aryl methyl sites for hydroxylation is 1. The molecule has 1 N–H and O–H groups in total. The molecular weight excluding hydrogens is 174 g/mol. The summed E-state index contributed by atoms with van der Waals surface area (Å²) >= 11 is 0. The van der Waals surface area contributed by atoms with Crippen molar-refractivity contribution in [2.45, 2.75) is 38.7 Å². The Bertz CT molecular complexity index is 337. The van der Waals surface area contributed by atoms with Gasteiger partial charge >= 0.3 is 0 Å². The van der Waals surface area contributed by atoms with Gasteiger partial charge in [0.05, 0.1) is 5.60 Å². The van der Waals surface area contributed by atoms with Crippen molar-refractivity contribution >= 4 is 0 Å².